The number of nitrogens with zero attached hydrogens (tertiary/aromatic N) is 4. The molecule has 170 valence electrons. The Morgan fingerprint density at radius 3 is 2.65 bits per heavy atom. The monoisotopic (exact) mass is 428 g/mol. The predicted octanol–water partition coefficient (Wildman–Crippen LogP) is 1.04. The third-order valence-corrected chi connectivity index (χ3v) is 8.05. The molecule has 3 aliphatic heterocycles. The van der Waals surface area contributed by atoms with Gasteiger partial charge >= 0.3 is 0 Å². The van der Waals surface area contributed by atoms with Crippen LogP contribution in [0, 0.1) is 11.3 Å². The molecular weight excluding hydrogens is 392 g/mol. The van der Waals surface area contributed by atoms with Crippen molar-refractivity contribution >= 4 is 11.9 Å². The molecule has 1 saturated carbocycles. The zero-order valence-corrected chi connectivity index (χ0v) is 18.5. The molecular formula is C23H36N6O2. The van der Waals surface area contributed by atoms with Gasteiger partial charge in [-0.05, 0) is 57.1 Å². The van der Waals surface area contributed by atoms with E-state index in [1.165, 1.54) is 0 Å². The molecule has 0 radical (unpaired) electrons. The van der Waals surface area contributed by atoms with E-state index in [1.54, 1.807) is 12.4 Å². The van der Waals surface area contributed by atoms with Crippen molar-refractivity contribution in [2.75, 3.05) is 57.4 Å². The Balaban J connectivity index is 1.19. The number of ether oxygens (including phenoxy) is 1. The Morgan fingerprint density at radius 2 is 1.87 bits per heavy atom. The number of hydrogen-bond donors (Lipinski definition) is 2. The van der Waals surface area contributed by atoms with Gasteiger partial charge in [0.05, 0.1) is 18.6 Å². The van der Waals surface area contributed by atoms with Crippen molar-refractivity contribution in [2.24, 2.45) is 11.3 Å². The number of amides is 1. The minimum atomic E-state index is -0.235. The van der Waals surface area contributed by atoms with Gasteiger partial charge in [-0.3, -0.25) is 9.69 Å². The third-order valence-electron chi connectivity index (χ3n) is 8.05. The van der Waals surface area contributed by atoms with Gasteiger partial charge in [0.2, 0.25) is 11.9 Å². The zero-order chi connectivity index (χ0) is 21.1. The summed E-state index contributed by atoms with van der Waals surface area (Å²) >= 11 is 0. The summed E-state index contributed by atoms with van der Waals surface area (Å²) in [7, 11) is 0. The summed E-state index contributed by atoms with van der Waals surface area (Å²) in [6.45, 7) is 7.42. The molecule has 0 bridgehead atoms. The van der Waals surface area contributed by atoms with Crippen LogP contribution in [0.1, 0.15) is 38.5 Å². The van der Waals surface area contributed by atoms with Gasteiger partial charge in [0.15, 0.2) is 0 Å². The SMILES string of the molecule is O=C(NC1CCN(c2ncccn2)CC1)[C@@]12CC[C@@H](N3CCOCC3)C[C@H]1CCNC2. The smallest absolute Gasteiger partial charge is 0.228 e. The van der Waals surface area contributed by atoms with Crippen molar-refractivity contribution < 1.29 is 9.53 Å². The van der Waals surface area contributed by atoms with Gasteiger partial charge in [-0.25, -0.2) is 9.97 Å². The summed E-state index contributed by atoms with van der Waals surface area (Å²) in [5, 5.41) is 7.01. The lowest BCUT2D eigenvalue weighted by molar-refractivity contribution is -0.141. The lowest BCUT2D eigenvalue weighted by Gasteiger charge is -2.51. The van der Waals surface area contributed by atoms with Crippen LogP contribution in [0.2, 0.25) is 0 Å². The summed E-state index contributed by atoms with van der Waals surface area (Å²) in [6, 6.07) is 2.71. The van der Waals surface area contributed by atoms with E-state index < -0.39 is 0 Å². The maximum atomic E-state index is 13.6. The maximum Gasteiger partial charge on any atom is 0.228 e. The standard InChI is InChI=1S/C23H36N6O2/c30-21(27-19-4-10-29(11-5-19)22-25-7-1-8-26-22)23-6-2-20(28-12-14-31-15-13-28)16-18(23)3-9-24-17-23/h1,7-8,18-20,24H,2-6,9-17H2,(H,27,30)/t18-,20-,23-/m1/s1. The first-order chi connectivity index (χ1) is 15.2. The zero-order valence-electron chi connectivity index (χ0n) is 18.5. The van der Waals surface area contributed by atoms with Crippen molar-refractivity contribution in [3.63, 3.8) is 0 Å². The van der Waals surface area contributed by atoms with Crippen molar-refractivity contribution in [1.82, 2.24) is 25.5 Å². The number of hydrogen-bond acceptors (Lipinski definition) is 7. The molecule has 3 atom stereocenters. The molecule has 4 heterocycles. The molecule has 1 aromatic heterocycles. The van der Waals surface area contributed by atoms with Crippen LogP contribution < -0.4 is 15.5 Å². The van der Waals surface area contributed by atoms with Gasteiger partial charge in [0.1, 0.15) is 0 Å². The van der Waals surface area contributed by atoms with Crippen LogP contribution in [0.5, 0.6) is 0 Å². The fourth-order valence-electron chi connectivity index (χ4n) is 6.18. The third kappa shape index (κ3) is 4.43. The first-order valence-electron chi connectivity index (χ1n) is 12.1. The number of nitrogens with one attached hydrogen (secondary N) is 2. The number of carbonyl (C=O) groups is 1. The largest absolute Gasteiger partial charge is 0.379 e. The number of aromatic nitrogens is 2. The van der Waals surface area contributed by atoms with E-state index in [0.717, 1.165) is 97.0 Å². The highest BCUT2D eigenvalue weighted by molar-refractivity contribution is 5.84. The first kappa shape index (κ1) is 21.1. The Kier molecular flexibility index (Phi) is 6.39. The van der Waals surface area contributed by atoms with Crippen LogP contribution in [-0.2, 0) is 9.53 Å². The Hall–Kier alpha value is -1.77. The van der Waals surface area contributed by atoms with E-state index in [0.29, 0.717) is 17.9 Å². The lowest BCUT2D eigenvalue weighted by Crippen LogP contribution is -2.61. The predicted molar refractivity (Wildman–Crippen MR) is 119 cm³/mol. The number of piperidine rings is 2. The van der Waals surface area contributed by atoms with Crippen molar-refractivity contribution in [1.29, 1.82) is 0 Å². The average molecular weight is 429 g/mol. The normalized spacial score (nSPS) is 33.0. The van der Waals surface area contributed by atoms with Crippen LogP contribution >= 0.6 is 0 Å². The molecule has 0 aromatic carbocycles. The molecule has 31 heavy (non-hydrogen) atoms. The molecule has 4 fully saturated rings. The fraction of sp³-hybridized carbons (Fsp3) is 0.783. The molecule has 2 N–H and O–H groups in total. The summed E-state index contributed by atoms with van der Waals surface area (Å²) in [5.41, 5.74) is -0.235. The van der Waals surface area contributed by atoms with Crippen LogP contribution in [0.25, 0.3) is 0 Å². The van der Waals surface area contributed by atoms with Crippen LogP contribution in [0.4, 0.5) is 5.95 Å². The van der Waals surface area contributed by atoms with E-state index in [9.17, 15) is 4.79 Å². The van der Waals surface area contributed by atoms with Gasteiger partial charge in [-0.1, -0.05) is 0 Å². The number of morpholine rings is 1. The van der Waals surface area contributed by atoms with E-state index in [4.69, 9.17) is 4.74 Å². The second-order valence-corrected chi connectivity index (χ2v) is 9.68. The van der Waals surface area contributed by atoms with Crippen molar-refractivity contribution in [2.45, 2.75) is 50.6 Å². The molecule has 1 amide bonds. The molecule has 8 heteroatoms. The highest BCUT2D eigenvalue weighted by Crippen LogP contribution is 2.46. The number of carbonyl (C=O) groups excluding carboxylic acids is 1. The van der Waals surface area contributed by atoms with Gasteiger partial charge in [-0.2, -0.15) is 0 Å². The topological polar surface area (TPSA) is 82.6 Å². The van der Waals surface area contributed by atoms with Crippen molar-refractivity contribution in [3.05, 3.63) is 18.5 Å². The van der Waals surface area contributed by atoms with Gasteiger partial charge in [0, 0.05) is 57.2 Å². The summed E-state index contributed by atoms with van der Waals surface area (Å²) in [4.78, 5) is 27.2. The molecule has 0 unspecified atom stereocenters. The van der Waals surface area contributed by atoms with Crippen LogP contribution in [-0.4, -0.2) is 85.3 Å². The minimum Gasteiger partial charge on any atom is -0.379 e. The molecule has 3 saturated heterocycles. The van der Waals surface area contributed by atoms with E-state index >= 15 is 0 Å². The Bertz CT molecular complexity index is 735. The summed E-state index contributed by atoms with van der Waals surface area (Å²) < 4.78 is 5.55. The van der Waals surface area contributed by atoms with E-state index in [1.807, 2.05) is 6.07 Å². The highest BCUT2D eigenvalue weighted by Gasteiger charge is 2.51. The highest BCUT2D eigenvalue weighted by atomic mass is 16.5. The lowest BCUT2D eigenvalue weighted by atomic mass is 9.61. The Labute approximate surface area is 185 Å². The van der Waals surface area contributed by atoms with Gasteiger partial charge in [-0.15, -0.1) is 0 Å². The molecule has 4 aliphatic rings. The molecule has 5 rings (SSSR count). The molecule has 8 nitrogen and oxygen atoms in total. The first-order valence-corrected chi connectivity index (χ1v) is 12.1. The Morgan fingerprint density at radius 1 is 1.10 bits per heavy atom. The molecule has 0 spiro atoms. The second-order valence-electron chi connectivity index (χ2n) is 9.68. The van der Waals surface area contributed by atoms with Gasteiger partial charge in [0.25, 0.3) is 0 Å². The minimum absolute atomic E-state index is 0.235. The fourth-order valence-corrected chi connectivity index (χ4v) is 6.18. The number of anilines is 1. The van der Waals surface area contributed by atoms with Crippen LogP contribution in [0.3, 0.4) is 0 Å². The summed E-state index contributed by atoms with van der Waals surface area (Å²) in [5.74, 6) is 1.57. The second kappa shape index (κ2) is 9.38. The molecule has 1 aliphatic carbocycles. The van der Waals surface area contributed by atoms with Gasteiger partial charge < -0.3 is 20.3 Å². The number of fused-ring (bicyclic) bond motifs is 1. The van der Waals surface area contributed by atoms with E-state index in [2.05, 4.69) is 30.4 Å². The molecule has 1 aromatic rings. The average Bonchev–Trinajstić information content (AvgIpc) is 2.85. The van der Waals surface area contributed by atoms with Crippen molar-refractivity contribution in [3.8, 4) is 0 Å². The number of rotatable bonds is 4. The summed E-state index contributed by atoms with van der Waals surface area (Å²) in [6.07, 6.45) is 9.86. The van der Waals surface area contributed by atoms with E-state index in [-0.39, 0.29) is 11.5 Å². The maximum absolute atomic E-state index is 13.6. The van der Waals surface area contributed by atoms with Crippen LogP contribution in [0.15, 0.2) is 18.5 Å². The quantitative estimate of drug-likeness (QED) is 0.742.